The quantitative estimate of drug-likeness (QED) is 0.441. The van der Waals surface area contributed by atoms with Gasteiger partial charge in [-0.15, -0.1) is 0 Å². The average molecular weight is 397 g/mol. The van der Waals surface area contributed by atoms with Crippen LogP contribution in [0.4, 0.5) is 5.69 Å². The van der Waals surface area contributed by atoms with Crippen LogP contribution in [0.5, 0.6) is 0 Å². The SMILES string of the molecule is CCCCN(CCCC)c1ccc(C=CC2=CCN(CC(=O)OCC)C=C2)cc1. The van der Waals surface area contributed by atoms with Crippen LogP contribution in [-0.4, -0.2) is 43.7 Å². The Morgan fingerprint density at radius 2 is 1.76 bits per heavy atom. The van der Waals surface area contributed by atoms with Gasteiger partial charge in [-0.1, -0.05) is 57.0 Å². The minimum atomic E-state index is -0.184. The summed E-state index contributed by atoms with van der Waals surface area (Å²) in [6.07, 6.45) is 15.3. The zero-order valence-electron chi connectivity index (χ0n) is 18.3. The molecule has 0 spiro atoms. The normalized spacial score (nSPS) is 13.6. The third-order valence-electron chi connectivity index (χ3n) is 4.97. The van der Waals surface area contributed by atoms with Crippen molar-refractivity contribution < 1.29 is 9.53 Å². The molecule has 0 amide bonds. The van der Waals surface area contributed by atoms with Crippen LogP contribution in [0, 0.1) is 0 Å². The highest BCUT2D eigenvalue weighted by molar-refractivity contribution is 5.72. The molecule has 0 bridgehead atoms. The lowest BCUT2D eigenvalue weighted by Gasteiger charge is -2.24. The molecule has 0 unspecified atom stereocenters. The van der Waals surface area contributed by atoms with Gasteiger partial charge in [0.25, 0.3) is 0 Å². The average Bonchev–Trinajstić information content (AvgIpc) is 2.74. The third-order valence-corrected chi connectivity index (χ3v) is 4.97. The summed E-state index contributed by atoms with van der Waals surface area (Å²) in [4.78, 5) is 16.0. The van der Waals surface area contributed by atoms with Crippen LogP contribution in [0.2, 0.25) is 0 Å². The van der Waals surface area contributed by atoms with E-state index in [9.17, 15) is 4.79 Å². The minimum absolute atomic E-state index is 0.184. The molecule has 2 rings (SSSR count). The fourth-order valence-corrected chi connectivity index (χ4v) is 3.21. The van der Waals surface area contributed by atoms with Crippen LogP contribution in [0.15, 0.2) is 54.3 Å². The molecule has 1 heterocycles. The molecule has 0 atom stereocenters. The molecule has 1 aliphatic rings. The maximum Gasteiger partial charge on any atom is 0.325 e. The molecule has 0 saturated carbocycles. The summed E-state index contributed by atoms with van der Waals surface area (Å²) in [6.45, 7) is 10.0. The number of carbonyl (C=O) groups is 1. The van der Waals surface area contributed by atoms with Crippen LogP contribution >= 0.6 is 0 Å². The van der Waals surface area contributed by atoms with Crippen LogP contribution in [-0.2, 0) is 9.53 Å². The molecule has 0 aromatic heterocycles. The first kappa shape index (κ1) is 22.8. The molecule has 1 aromatic carbocycles. The molecule has 29 heavy (non-hydrogen) atoms. The molecule has 1 aliphatic heterocycles. The Balaban J connectivity index is 1.90. The van der Waals surface area contributed by atoms with Gasteiger partial charge in [0.1, 0.15) is 6.54 Å². The molecule has 0 N–H and O–H groups in total. The molecule has 0 saturated heterocycles. The Labute approximate surface area is 176 Å². The van der Waals surface area contributed by atoms with E-state index in [2.05, 4.69) is 61.2 Å². The van der Waals surface area contributed by atoms with Crippen molar-refractivity contribution in [3.8, 4) is 0 Å². The number of unbranched alkanes of at least 4 members (excludes halogenated alkanes) is 2. The molecule has 1 aromatic rings. The maximum absolute atomic E-state index is 11.6. The van der Waals surface area contributed by atoms with E-state index < -0.39 is 0 Å². The zero-order valence-corrected chi connectivity index (χ0v) is 18.3. The van der Waals surface area contributed by atoms with Gasteiger partial charge in [0.05, 0.1) is 6.61 Å². The summed E-state index contributed by atoms with van der Waals surface area (Å²) in [6, 6.07) is 8.85. The first-order chi connectivity index (χ1) is 14.2. The van der Waals surface area contributed by atoms with E-state index in [0.717, 1.165) is 25.2 Å². The van der Waals surface area contributed by atoms with Crippen molar-refractivity contribution in [3.63, 3.8) is 0 Å². The van der Waals surface area contributed by atoms with Gasteiger partial charge in [0.2, 0.25) is 0 Å². The van der Waals surface area contributed by atoms with Crippen molar-refractivity contribution in [1.82, 2.24) is 4.90 Å². The number of ether oxygens (including phenoxy) is 1. The van der Waals surface area contributed by atoms with E-state index in [-0.39, 0.29) is 5.97 Å². The second kappa shape index (κ2) is 12.9. The molecular weight excluding hydrogens is 360 g/mol. The second-order valence-corrected chi connectivity index (χ2v) is 7.37. The van der Waals surface area contributed by atoms with E-state index in [1.54, 1.807) is 0 Å². The fourth-order valence-electron chi connectivity index (χ4n) is 3.21. The number of hydrogen-bond acceptors (Lipinski definition) is 4. The minimum Gasteiger partial charge on any atom is -0.465 e. The number of anilines is 1. The largest absolute Gasteiger partial charge is 0.465 e. The molecule has 4 nitrogen and oxygen atoms in total. The first-order valence-corrected chi connectivity index (χ1v) is 11.0. The summed E-state index contributed by atoms with van der Waals surface area (Å²) in [5.41, 5.74) is 3.67. The van der Waals surface area contributed by atoms with E-state index in [4.69, 9.17) is 4.74 Å². The van der Waals surface area contributed by atoms with E-state index in [1.807, 2.05) is 24.1 Å². The molecular formula is C25H36N2O2. The van der Waals surface area contributed by atoms with Gasteiger partial charge in [-0.2, -0.15) is 0 Å². The van der Waals surface area contributed by atoms with Crippen LogP contribution < -0.4 is 4.90 Å². The molecule has 0 aliphatic carbocycles. The van der Waals surface area contributed by atoms with Crippen molar-refractivity contribution in [2.24, 2.45) is 0 Å². The smallest absolute Gasteiger partial charge is 0.325 e. The van der Waals surface area contributed by atoms with Gasteiger partial charge in [-0.25, -0.2) is 0 Å². The molecule has 158 valence electrons. The standard InChI is InChI=1S/C25H36N2O2/c1-4-7-17-27(18-8-5-2)24-13-11-22(12-14-24)9-10-23-15-19-26(20-16-23)21-25(28)29-6-3/h9-16,19H,4-8,17-18,20-21H2,1-3H3. The van der Waals surface area contributed by atoms with Crippen molar-refractivity contribution in [1.29, 1.82) is 0 Å². The molecule has 0 fully saturated rings. The number of rotatable bonds is 12. The predicted octanol–water partition coefficient (Wildman–Crippen LogP) is 5.43. The highest BCUT2D eigenvalue weighted by Gasteiger charge is 2.09. The van der Waals surface area contributed by atoms with Gasteiger partial charge in [0, 0.05) is 31.5 Å². The van der Waals surface area contributed by atoms with Gasteiger partial charge in [-0.3, -0.25) is 4.79 Å². The van der Waals surface area contributed by atoms with Crippen LogP contribution in [0.1, 0.15) is 52.0 Å². The Hall–Kier alpha value is -2.49. The topological polar surface area (TPSA) is 32.8 Å². The van der Waals surface area contributed by atoms with Crippen molar-refractivity contribution in [3.05, 3.63) is 59.8 Å². The van der Waals surface area contributed by atoms with E-state index in [1.165, 1.54) is 36.9 Å². The summed E-state index contributed by atoms with van der Waals surface area (Å²) in [5.74, 6) is -0.184. The summed E-state index contributed by atoms with van der Waals surface area (Å²) in [5, 5.41) is 0. The zero-order chi connectivity index (χ0) is 20.9. The monoisotopic (exact) mass is 396 g/mol. The van der Waals surface area contributed by atoms with Crippen LogP contribution in [0.3, 0.4) is 0 Å². The highest BCUT2D eigenvalue weighted by Crippen LogP contribution is 2.19. The lowest BCUT2D eigenvalue weighted by molar-refractivity contribution is -0.143. The van der Waals surface area contributed by atoms with Crippen molar-refractivity contribution in [2.75, 3.05) is 37.7 Å². The van der Waals surface area contributed by atoms with Crippen LogP contribution in [0.25, 0.3) is 6.08 Å². The number of carbonyl (C=O) groups excluding carboxylic acids is 1. The Kier molecular flexibility index (Phi) is 10.1. The third kappa shape index (κ3) is 8.18. The maximum atomic E-state index is 11.6. The summed E-state index contributed by atoms with van der Waals surface area (Å²) >= 11 is 0. The Morgan fingerprint density at radius 1 is 1.07 bits per heavy atom. The van der Waals surface area contributed by atoms with E-state index in [0.29, 0.717) is 13.2 Å². The number of nitrogens with zero attached hydrogens (tertiary/aromatic N) is 2. The number of benzene rings is 1. The van der Waals surface area contributed by atoms with Gasteiger partial charge >= 0.3 is 5.97 Å². The van der Waals surface area contributed by atoms with Crippen molar-refractivity contribution in [2.45, 2.75) is 46.5 Å². The number of allylic oxidation sites excluding steroid dienone is 3. The number of hydrogen-bond donors (Lipinski definition) is 0. The van der Waals surface area contributed by atoms with Gasteiger partial charge in [-0.05, 0) is 49.1 Å². The first-order valence-electron chi connectivity index (χ1n) is 11.0. The Morgan fingerprint density at radius 3 is 2.31 bits per heavy atom. The second-order valence-electron chi connectivity index (χ2n) is 7.37. The lowest BCUT2D eigenvalue weighted by atomic mass is 10.1. The summed E-state index contributed by atoms with van der Waals surface area (Å²) in [7, 11) is 0. The molecule has 4 heteroatoms. The molecule has 0 radical (unpaired) electrons. The fraction of sp³-hybridized carbons (Fsp3) is 0.480. The van der Waals surface area contributed by atoms with Crippen molar-refractivity contribution >= 4 is 17.7 Å². The van der Waals surface area contributed by atoms with Gasteiger partial charge < -0.3 is 14.5 Å². The lowest BCUT2D eigenvalue weighted by Crippen LogP contribution is -2.28. The predicted molar refractivity (Wildman–Crippen MR) is 123 cm³/mol. The van der Waals surface area contributed by atoms with Gasteiger partial charge in [0.15, 0.2) is 0 Å². The highest BCUT2D eigenvalue weighted by atomic mass is 16.5. The Bertz CT molecular complexity index is 696. The van der Waals surface area contributed by atoms with E-state index >= 15 is 0 Å². The number of esters is 1. The summed E-state index contributed by atoms with van der Waals surface area (Å²) < 4.78 is 4.99.